The molecule has 0 bridgehead atoms. The van der Waals surface area contributed by atoms with Crippen LogP contribution >= 0.6 is 0 Å². The predicted molar refractivity (Wildman–Crippen MR) is 55.0 cm³/mol. The van der Waals surface area contributed by atoms with Gasteiger partial charge in [-0.15, -0.1) is 0 Å². The van der Waals surface area contributed by atoms with Crippen LogP contribution in [0.15, 0.2) is 12.2 Å². The molecule has 0 amide bonds. The highest BCUT2D eigenvalue weighted by Crippen LogP contribution is 2.40. The Morgan fingerprint density at radius 1 is 1.33 bits per heavy atom. The lowest BCUT2D eigenvalue weighted by atomic mass is 9.66. The smallest absolute Gasteiger partial charge is 0.0203 e. The Bertz CT molecular complexity index is 155. The van der Waals surface area contributed by atoms with E-state index in [2.05, 4.69) is 39.8 Å². The lowest BCUT2D eigenvalue weighted by Crippen LogP contribution is -2.30. The Morgan fingerprint density at radius 2 is 2.00 bits per heavy atom. The lowest BCUT2D eigenvalue weighted by Gasteiger charge is -2.39. The molecule has 1 rings (SSSR count). The molecule has 0 heteroatoms. The molecule has 0 aromatic carbocycles. The quantitative estimate of drug-likeness (QED) is 0.558. The van der Waals surface area contributed by atoms with Crippen LogP contribution in [0.5, 0.6) is 0 Å². The third-order valence-electron chi connectivity index (χ3n) is 3.21. The third kappa shape index (κ3) is 2.36. The minimum Gasteiger partial charge on any atom is -0.0880 e. The van der Waals surface area contributed by atoms with Gasteiger partial charge in [-0.3, -0.25) is 0 Å². The molecule has 1 aliphatic carbocycles. The monoisotopic (exact) mass is 166 g/mol. The Balaban J connectivity index is 2.20. The highest BCUT2D eigenvalue weighted by molar-refractivity contribution is 4.98. The zero-order chi connectivity index (χ0) is 9.14. The molecule has 0 nitrogen and oxygen atoms in total. The standard InChI is InChI=1S/C12H22/c1-9(2)6-5-7-12-8-10(3)11(12)4/h5,7,9-12H,6,8H2,1-4H3. The molecule has 0 aromatic heterocycles. The third-order valence-corrected chi connectivity index (χ3v) is 3.21. The second kappa shape index (κ2) is 4.11. The van der Waals surface area contributed by atoms with Gasteiger partial charge in [-0.25, -0.2) is 0 Å². The van der Waals surface area contributed by atoms with E-state index in [9.17, 15) is 0 Å². The fraction of sp³-hybridized carbons (Fsp3) is 0.833. The van der Waals surface area contributed by atoms with E-state index < -0.39 is 0 Å². The van der Waals surface area contributed by atoms with E-state index in [1.165, 1.54) is 12.8 Å². The van der Waals surface area contributed by atoms with E-state index in [0.717, 1.165) is 23.7 Å². The maximum Gasteiger partial charge on any atom is -0.0203 e. The van der Waals surface area contributed by atoms with Gasteiger partial charge in [-0.05, 0) is 36.5 Å². The fourth-order valence-electron chi connectivity index (χ4n) is 1.86. The van der Waals surface area contributed by atoms with Crippen LogP contribution in [-0.4, -0.2) is 0 Å². The van der Waals surface area contributed by atoms with Crippen molar-refractivity contribution in [3.63, 3.8) is 0 Å². The molecular weight excluding hydrogens is 144 g/mol. The van der Waals surface area contributed by atoms with E-state index in [0.29, 0.717) is 0 Å². The van der Waals surface area contributed by atoms with Crippen molar-refractivity contribution < 1.29 is 0 Å². The van der Waals surface area contributed by atoms with Gasteiger partial charge in [0.15, 0.2) is 0 Å². The van der Waals surface area contributed by atoms with Gasteiger partial charge < -0.3 is 0 Å². The van der Waals surface area contributed by atoms with Gasteiger partial charge in [-0.1, -0.05) is 39.8 Å². The van der Waals surface area contributed by atoms with E-state index >= 15 is 0 Å². The van der Waals surface area contributed by atoms with E-state index in [-0.39, 0.29) is 0 Å². The molecule has 0 aliphatic heterocycles. The van der Waals surface area contributed by atoms with Gasteiger partial charge in [0.2, 0.25) is 0 Å². The maximum atomic E-state index is 2.44. The van der Waals surface area contributed by atoms with Crippen molar-refractivity contribution in [1.82, 2.24) is 0 Å². The molecule has 3 unspecified atom stereocenters. The van der Waals surface area contributed by atoms with Crippen molar-refractivity contribution in [2.45, 2.75) is 40.5 Å². The molecule has 0 N–H and O–H groups in total. The van der Waals surface area contributed by atoms with Crippen LogP contribution < -0.4 is 0 Å². The Kier molecular flexibility index (Phi) is 3.37. The zero-order valence-electron chi connectivity index (χ0n) is 8.88. The van der Waals surface area contributed by atoms with Crippen LogP contribution in [0.1, 0.15) is 40.5 Å². The summed E-state index contributed by atoms with van der Waals surface area (Å²) in [7, 11) is 0. The Labute approximate surface area is 77.1 Å². The van der Waals surface area contributed by atoms with Gasteiger partial charge in [0.1, 0.15) is 0 Å². The molecule has 1 saturated carbocycles. The number of hydrogen-bond donors (Lipinski definition) is 0. The molecule has 12 heavy (non-hydrogen) atoms. The molecule has 0 heterocycles. The summed E-state index contributed by atoms with van der Waals surface area (Å²) >= 11 is 0. The molecule has 0 radical (unpaired) electrons. The van der Waals surface area contributed by atoms with Gasteiger partial charge in [-0.2, -0.15) is 0 Å². The van der Waals surface area contributed by atoms with Crippen LogP contribution in [0, 0.1) is 23.7 Å². The SMILES string of the molecule is CC(C)CC=CC1CC(C)C1C. The minimum atomic E-state index is 0.814. The van der Waals surface area contributed by atoms with Gasteiger partial charge in [0, 0.05) is 0 Å². The molecule has 3 atom stereocenters. The summed E-state index contributed by atoms with van der Waals surface area (Å²) in [5, 5.41) is 0. The first-order valence-electron chi connectivity index (χ1n) is 5.28. The summed E-state index contributed by atoms with van der Waals surface area (Å²) in [6, 6.07) is 0. The van der Waals surface area contributed by atoms with Crippen LogP contribution in [0.25, 0.3) is 0 Å². The van der Waals surface area contributed by atoms with Crippen LogP contribution in [0.4, 0.5) is 0 Å². The largest absolute Gasteiger partial charge is 0.0880 e. The summed E-state index contributed by atoms with van der Waals surface area (Å²) < 4.78 is 0. The average Bonchev–Trinajstić information content (AvgIpc) is 2.02. The first kappa shape index (κ1) is 9.83. The van der Waals surface area contributed by atoms with Crippen molar-refractivity contribution in [1.29, 1.82) is 0 Å². The van der Waals surface area contributed by atoms with Crippen molar-refractivity contribution >= 4 is 0 Å². The second-order valence-electron chi connectivity index (χ2n) is 4.79. The Hall–Kier alpha value is -0.260. The van der Waals surface area contributed by atoms with Crippen molar-refractivity contribution in [2.24, 2.45) is 23.7 Å². The second-order valence-corrected chi connectivity index (χ2v) is 4.79. The summed E-state index contributed by atoms with van der Waals surface area (Å²) in [6.45, 7) is 9.28. The zero-order valence-corrected chi connectivity index (χ0v) is 8.88. The molecular formula is C12H22. The van der Waals surface area contributed by atoms with Gasteiger partial charge in [0.25, 0.3) is 0 Å². The van der Waals surface area contributed by atoms with Gasteiger partial charge >= 0.3 is 0 Å². The molecule has 1 fully saturated rings. The Morgan fingerprint density at radius 3 is 2.42 bits per heavy atom. The highest BCUT2D eigenvalue weighted by atomic mass is 14.4. The molecule has 1 aliphatic rings. The van der Waals surface area contributed by atoms with Crippen molar-refractivity contribution in [3.8, 4) is 0 Å². The van der Waals surface area contributed by atoms with Crippen molar-refractivity contribution in [3.05, 3.63) is 12.2 Å². The first-order chi connectivity index (χ1) is 5.61. The van der Waals surface area contributed by atoms with E-state index in [4.69, 9.17) is 0 Å². The summed E-state index contributed by atoms with van der Waals surface area (Å²) in [6.07, 6.45) is 7.47. The average molecular weight is 166 g/mol. The normalized spacial score (nSPS) is 35.9. The number of rotatable bonds is 3. The minimum absolute atomic E-state index is 0.814. The highest BCUT2D eigenvalue weighted by Gasteiger charge is 2.31. The maximum absolute atomic E-state index is 2.44. The van der Waals surface area contributed by atoms with Crippen LogP contribution in [0.3, 0.4) is 0 Å². The van der Waals surface area contributed by atoms with Crippen LogP contribution in [-0.2, 0) is 0 Å². The van der Waals surface area contributed by atoms with Crippen molar-refractivity contribution in [2.75, 3.05) is 0 Å². The topological polar surface area (TPSA) is 0 Å². The summed E-state index contributed by atoms with van der Waals surface area (Å²) in [5.41, 5.74) is 0. The predicted octanol–water partition coefficient (Wildman–Crippen LogP) is 3.88. The molecule has 0 spiro atoms. The molecule has 0 saturated heterocycles. The number of hydrogen-bond acceptors (Lipinski definition) is 0. The van der Waals surface area contributed by atoms with E-state index in [1.54, 1.807) is 0 Å². The van der Waals surface area contributed by atoms with Crippen LogP contribution in [0.2, 0.25) is 0 Å². The fourth-order valence-corrected chi connectivity index (χ4v) is 1.86. The molecule has 70 valence electrons. The number of allylic oxidation sites excluding steroid dienone is 2. The lowest BCUT2D eigenvalue weighted by molar-refractivity contribution is 0.145. The molecule has 0 aromatic rings. The summed E-state index contributed by atoms with van der Waals surface area (Å²) in [5.74, 6) is 3.58. The summed E-state index contributed by atoms with van der Waals surface area (Å²) in [4.78, 5) is 0. The first-order valence-corrected chi connectivity index (χ1v) is 5.28. The van der Waals surface area contributed by atoms with Gasteiger partial charge in [0.05, 0.1) is 0 Å². The van der Waals surface area contributed by atoms with E-state index in [1.807, 2.05) is 0 Å².